The van der Waals surface area contributed by atoms with Gasteiger partial charge in [-0.15, -0.1) is 0 Å². The number of nitrogens with zero attached hydrogens (tertiary/aromatic N) is 3. The fourth-order valence-corrected chi connectivity index (χ4v) is 5.17. The lowest BCUT2D eigenvalue weighted by molar-refractivity contribution is -0.137. The molecule has 40 heavy (non-hydrogen) atoms. The number of halogens is 4. The SMILES string of the molecule is CCOC(=O)c1ccc2c(c1)nc(SCc1nc(-c3ccc(C(F)(F)F)cc3)oc1C)n2Cc1cccc(F)c1. The molecular weight excluding hydrogens is 546 g/mol. The van der Waals surface area contributed by atoms with E-state index in [1.165, 1.54) is 36.0 Å². The number of aryl methyl sites for hydroxylation is 1. The largest absolute Gasteiger partial charge is 0.462 e. The number of rotatable bonds is 8. The van der Waals surface area contributed by atoms with E-state index < -0.39 is 17.7 Å². The molecule has 6 nitrogen and oxygen atoms in total. The van der Waals surface area contributed by atoms with E-state index in [1.807, 2.05) is 10.6 Å². The number of thioether (sulfide) groups is 1. The molecule has 11 heteroatoms. The highest BCUT2D eigenvalue weighted by molar-refractivity contribution is 7.98. The van der Waals surface area contributed by atoms with Crippen molar-refractivity contribution in [3.8, 4) is 11.5 Å². The van der Waals surface area contributed by atoms with Crippen LogP contribution in [0.2, 0.25) is 0 Å². The number of esters is 1. The van der Waals surface area contributed by atoms with Crippen molar-refractivity contribution in [2.75, 3.05) is 6.61 Å². The molecule has 0 fully saturated rings. The van der Waals surface area contributed by atoms with Gasteiger partial charge in [0.1, 0.15) is 11.6 Å². The first-order valence-electron chi connectivity index (χ1n) is 12.3. The minimum Gasteiger partial charge on any atom is -0.462 e. The van der Waals surface area contributed by atoms with Crippen LogP contribution in [-0.4, -0.2) is 27.1 Å². The molecule has 0 aliphatic rings. The number of aromatic nitrogens is 3. The molecule has 2 heterocycles. The first-order chi connectivity index (χ1) is 19.1. The quantitative estimate of drug-likeness (QED) is 0.109. The molecule has 0 saturated carbocycles. The van der Waals surface area contributed by atoms with E-state index in [0.717, 1.165) is 23.2 Å². The third-order valence-corrected chi connectivity index (χ3v) is 7.13. The summed E-state index contributed by atoms with van der Waals surface area (Å²) in [7, 11) is 0. The number of fused-ring (bicyclic) bond motifs is 1. The van der Waals surface area contributed by atoms with Crippen LogP contribution in [0.25, 0.3) is 22.5 Å². The molecule has 0 amide bonds. The maximum absolute atomic E-state index is 13.9. The summed E-state index contributed by atoms with van der Waals surface area (Å²) < 4.78 is 65.5. The lowest BCUT2D eigenvalue weighted by atomic mass is 10.1. The number of oxazole rings is 1. The molecule has 0 radical (unpaired) electrons. The second-order valence-corrected chi connectivity index (χ2v) is 9.86. The monoisotopic (exact) mass is 569 g/mol. The van der Waals surface area contributed by atoms with Crippen molar-refractivity contribution in [3.05, 3.63) is 101 Å². The molecule has 3 aromatic carbocycles. The molecule has 5 aromatic rings. The van der Waals surface area contributed by atoms with Crippen LogP contribution in [0.5, 0.6) is 0 Å². The van der Waals surface area contributed by atoms with Gasteiger partial charge in [0.2, 0.25) is 5.89 Å². The minimum absolute atomic E-state index is 0.217. The van der Waals surface area contributed by atoms with Gasteiger partial charge in [0.25, 0.3) is 0 Å². The Labute approximate surface area is 231 Å². The van der Waals surface area contributed by atoms with Crippen molar-refractivity contribution in [2.24, 2.45) is 0 Å². The van der Waals surface area contributed by atoms with Crippen molar-refractivity contribution >= 4 is 28.8 Å². The van der Waals surface area contributed by atoms with E-state index in [1.54, 1.807) is 38.1 Å². The average Bonchev–Trinajstić information content (AvgIpc) is 3.46. The molecule has 0 saturated heterocycles. The molecule has 206 valence electrons. The maximum atomic E-state index is 13.9. The predicted octanol–water partition coefficient (Wildman–Crippen LogP) is 7.67. The van der Waals surface area contributed by atoms with Gasteiger partial charge >= 0.3 is 12.1 Å². The smallest absolute Gasteiger partial charge is 0.416 e. The lowest BCUT2D eigenvalue weighted by Gasteiger charge is -2.09. The summed E-state index contributed by atoms with van der Waals surface area (Å²) in [6, 6.07) is 16.0. The molecule has 0 unspecified atom stereocenters. The Hall–Kier alpha value is -4.12. The summed E-state index contributed by atoms with van der Waals surface area (Å²) in [6.45, 7) is 4.05. The lowest BCUT2D eigenvalue weighted by Crippen LogP contribution is -2.05. The van der Waals surface area contributed by atoms with Gasteiger partial charge in [0.15, 0.2) is 5.16 Å². The second-order valence-electron chi connectivity index (χ2n) is 8.92. The van der Waals surface area contributed by atoms with Crippen LogP contribution in [0, 0.1) is 12.7 Å². The van der Waals surface area contributed by atoms with Gasteiger partial charge in [-0.2, -0.15) is 13.2 Å². The first-order valence-corrected chi connectivity index (χ1v) is 13.3. The minimum atomic E-state index is -4.43. The van der Waals surface area contributed by atoms with Gasteiger partial charge < -0.3 is 13.7 Å². The molecule has 5 rings (SSSR count). The fourth-order valence-electron chi connectivity index (χ4n) is 4.15. The van der Waals surface area contributed by atoms with Crippen molar-refractivity contribution in [1.29, 1.82) is 0 Å². The predicted molar refractivity (Wildman–Crippen MR) is 142 cm³/mol. The first kappa shape index (κ1) is 27.4. The summed E-state index contributed by atoms with van der Waals surface area (Å²) in [4.78, 5) is 21.5. The standard InChI is InChI=1S/C29H23F4N3O3S/c1-3-38-27(37)20-9-12-25-23(14-20)35-28(36(25)15-18-5-4-6-22(30)13-18)40-16-24-17(2)39-26(34-24)19-7-10-21(11-8-19)29(31,32)33/h4-14H,3,15-16H2,1-2H3. The number of hydrogen-bond donors (Lipinski definition) is 0. The number of ether oxygens (including phenoxy) is 1. The molecule has 0 atom stereocenters. The van der Waals surface area contributed by atoms with E-state index in [-0.39, 0.29) is 18.3 Å². The number of carbonyl (C=O) groups excluding carboxylic acids is 1. The fraction of sp³-hybridized carbons (Fsp3) is 0.207. The summed E-state index contributed by atoms with van der Waals surface area (Å²) in [6.07, 6.45) is -4.43. The molecule has 0 N–H and O–H groups in total. The van der Waals surface area contributed by atoms with Crippen LogP contribution in [0.4, 0.5) is 17.6 Å². The molecule has 0 aliphatic heterocycles. The van der Waals surface area contributed by atoms with E-state index in [9.17, 15) is 22.4 Å². The number of carbonyl (C=O) groups is 1. The highest BCUT2D eigenvalue weighted by Crippen LogP contribution is 2.33. The van der Waals surface area contributed by atoms with Crippen molar-refractivity contribution < 1.29 is 31.5 Å². The molecule has 0 bridgehead atoms. The normalized spacial score (nSPS) is 11.8. The Balaban J connectivity index is 1.44. The topological polar surface area (TPSA) is 70.2 Å². The zero-order valence-electron chi connectivity index (χ0n) is 21.5. The summed E-state index contributed by atoms with van der Waals surface area (Å²) in [5.41, 5.74) is 2.72. The molecular formula is C29H23F4N3O3S. The van der Waals surface area contributed by atoms with Crippen molar-refractivity contribution in [1.82, 2.24) is 14.5 Å². The highest BCUT2D eigenvalue weighted by atomic mass is 32.2. The van der Waals surface area contributed by atoms with Gasteiger partial charge in [-0.3, -0.25) is 0 Å². The second kappa shape index (κ2) is 11.2. The van der Waals surface area contributed by atoms with Crippen LogP contribution in [0.3, 0.4) is 0 Å². The van der Waals surface area contributed by atoms with E-state index in [0.29, 0.717) is 45.6 Å². The van der Waals surface area contributed by atoms with Crippen LogP contribution in [0.15, 0.2) is 76.3 Å². The number of benzene rings is 3. The van der Waals surface area contributed by atoms with Gasteiger partial charge in [-0.25, -0.2) is 19.2 Å². The Morgan fingerprint density at radius 3 is 2.52 bits per heavy atom. The Bertz CT molecular complexity index is 1680. The van der Waals surface area contributed by atoms with Gasteiger partial charge in [0.05, 0.1) is 41.0 Å². The van der Waals surface area contributed by atoms with Gasteiger partial charge in [-0.1, -0.05) is 23.9 Å². The molecule has 0 spiro atoms. The van der Waals surface area contributed by atoms with Crippen molar-refractivity contribution in [2.45, 2.75) is 37.5 Å². The number of alkyl halides is 3. The van der Waals surface area contributed by atoms with Crippen LogP contribution in [-0.2, 0) is 23.2 Å². The summed E-state index contributed by atoms with van der Waals surface area (Å²) in [5, 5.41) is 0.610. The van der Waals surface area contributed by atoms with Gasteiger partial charge in [-0.05, 0) is 74.0 Å². The Kier molecular flexibility index (Phi) is 7.66. The Morgan fingerprint density at radius 2 is 1.82 bits per heavy atom. The van der Waals surface area contributed by atoms with E-state index in [4.69, 9.17) is 14.1 Å². The van der Waals surface area contributed by atoms with E-state index >= 15 is 0 Å². The van der Waals surface area contributed by atoms with Crippen molar-refractivity contribution in [3.63, 3.8) is 0 Å². The number of hydrogen-bond acceptors (Lipinski definition) is 6. The van der Waals surface area contributed by atoms with Gasteiger partial charge in [0, 0.05) is 11.3 Å². The third-order valence-electron chi connectivity index (χ3n) is 6.14. The highest BCUT2D eigenvalue weighted by Gasteiger charge is 2.30. The third kappa shape index (κ3) is 5.89. The van der Waals surface area contributed by atoms with Crippen LogP contribution in [0.1, 0.15) is 39.9 Å². The molecule has 0 aliphatic carbocycles. The zero-order valence-corrected chi connectivity index (χ0v) is 22.3. The average molecular weight is 570 g/mol. The number of imidazole rings is 1. The summed E-state index contributed by atoms with van der Waals surface area (Å²) >= 11 is 1.37. The zero-order chi connectivity index (χ0) is 28.4. The maximum Gasteiger partial charge on any atom is 0.416 e. The van der Waals surface area contributed by atoms with Crippen LogP contribution >= 0.6 is 11.8 Å². The summed E-state index contributed by atoms with van der Waals surface area (Å²) in [5.74, 6) is 0.295. The Morgan fingerprint density at radius 1 is 1.05 bits per heavy atom. The van der Waals surface area contributed by atoms with Crippen LogP contribution < -0.4 is 0 Å². The molecule has 2 aromatic heterocycles. The van der Waals surface area contributed by atoms with E-state index in [2.05, 4.69) is 4.98 Å².